The Kier molecular flexibility index (Phi) is 4.80. The molecule has 0 saturated heterocycles. The first kappa shape index (κ1) is 17.8. The largest absolute Gasteiger partial charge is 0.454 e. The fourth-order valence-corrected chi connectivity index (χ4v) is 2.96. The number of hydrogen-bond acceptors (Lipinski definition) is 5. The Hall–Kier alpha value is -3.61. The van der Waals surface area contributed by atoms with Gasteiger partial charge in [-0.3, -0.25) is 9.59 Å². The molecule has 1 atom stereocenters. The van der Waals surface area contributed by atoms with E-state index >= 15 is 0 Å². The van der Waals surface area contributed by atoms with Crippen LogP contribution in [-0.2, 0) is 11.3 Å². The Balaban J connectivity index is 1.48. The molecule has 1 aromatic heterocycles. The third-order valence-corrected chi connectivity index (χ3v) is 4.54. The number of rotatable bonds is 5. The molecule has 1 amide bonds. The summed E-state index contributed by atoms with van der Waals surface area (Å²) in [5, 5.41) is 7.21. The van der Waals surface area contributed by atoms with Gasteiger partial charge in [-0.2, -0.15) is 5.10 Å². The fraction of sp³-hybridized carbons (Fsp3) is 0.190. The topological polar surface area (TPSA) is 82.4 Å². The van der Waals surface area contributed by atoms with Crippen molar-refractivity contribution in [2.75, 3.05) is 6.79 Å². The zero-order valence-electron chi connectivity index (χ0n) is 15.3. The molecule has 0 bridgehead atoms. The third-order valence-electron chi connectivity index (χ3n) is 4.54. The van der Waals surface area contributed by atoms with Gasteiger partial charge in [0.15, 0.2) is 11.5 Å². The van der Waals surface area contributed by atoms with Gasteiger partial charge in [-0.05, 0) is 30.7 Å². The smallest absolute Gasteiger partial charge is 0.267 e. The van der Waals surface area contributed by atoms with Gasteiger partial charge < -0.3 is 14.8 Å². The monoisotopic (exact) mass is 377 g/mol. The molecular formula is C21H19N3O4. The molecule has 142 valence electrons. The first-order valence-corrected chi connectivity index (χ1v) is 8.93. The van der Waals surface area contributed by atoms with Crippen molar-refractivity contribution in [3.05, 3.63) is 76.6 Å². The highest BCUT2D eigenvalue weighted by molar-refractivity contribution is 5.79. The molecule has 0 spiro atoms. The highest BCUT2D eigenvalue weighted by Gasteiger charge is 2.19. The second kappa shape index (κ2) is 7.56. The predicted molar refractivity (Wildman–Crippen MR) is 103 cm³/mol. The molecule has 2 heterocycles. The minimum Gasteiger partial charge on any atom is -0.454 e. The first-order valence-electron chi connectivity index (χ1n) is 8.93. The van der Waals surface area contributed by atoms with Crippen molar-refractivity contribution in [2.24, 2.45) is 0 Å². The van der Waals surface area contributed by atoms with Gasteiger partial charge in [0.05, 0.1) is 5.69 Å². The molecule has 1 aliphatic rings. The maximum absolute atomic E-state index is 12.6. The summed E-state index contributed by atoms with van der Waals surface area (Å²) >= 11 is 0. The molecule has 0 fully saturated rings. The predicted octanol–water partition coefficient (Wildman–Crippen LogP) is 2.52. The summed E-state index contributed by atoms with van der Waals surface area (Å²) in [6, 6.07) is 17.3. The van der Waals surface area contributed by atoms with Crippen molar-refractivity contribution < 1.29 is 14.3 Å². The minimum absolute atomic E-state index is 0.203. The molecule has 7 heteroatoms. The van der Waals surface area contributed by atoms with Gasteiger partial charge in [0.2, 0.25) is 12.7 Å². The number of carbonyl (C=O) groups is 1. The van der Waals surface area contributed by atoms with Crippen LogP contribution in [0.5, 0.6) is 11.5 Å². The van der Waals surface area contributed by atoms with E-state index in [1.807, 2.05) is 48.5 Å². The van der Waals surface area contributed by atoms with Crippen molar-refractivity contribution in [3.63, 3.8) is 0 Å². The van der Waals surface area contributed by atoms with Crippen LogP contribution in [-0.4, -0.2) is 22.5 Å². The average Bonchev–Trinajstić information content (AvgIpc) is 3.20. The number of amides is 1. The lowest BCUT2D eigenvalue weighted by atomic mass is 10.1. The summed E-state index contributed by atoms with van der Waals surface area (Å²) in [7, 11) is 0. The van der Waals surface area contributed by atoms with E-state index < -0.39 is 6.04 Å². The standard InChI is InChI=1S/C21H19N3O4/c1-14(21(26)22-12-15-7-9-18-19(11-15)28-13-27-18)24-20(25)10-8-17(23-24)16-5-3-2-4-6-16/h2-11,14H,12-13H2,1H3,(H,22,26). The van der Waals surface area contributed by atoms with E-state index in [-0.39, 0.29) is 18.3 Å². The van der Waals surface area contributed by atoms with Crippen molar-refractivity contribution in [1.82, 2.24) is 15.1 Å². The van der Waals surface area contributed by atoms with E-state index in [2.05, 4.69) is 10.4 Å². The van der Waals surface area contributed by atoms with Crippen LogP contribution in [0.25, 0.3) is 11.3 Å². The Bertz CT molecular complexity index is 1060. The number of aromatic nitrogens is 2. The number of nitrogens with one attached hydrogen (secondary N) is 1. The Morgan fingerprint density at radius 3 is 2.71 bits per heavy atom. The van der Waals surface area contributed by atoms with Gasteiger partial charge in [0.25, 0.3) is 5.56 Å². The molecule has 1 aliphatic heterocycles. The highest BCUT2D eigenvalue weighted by Crippen LogP contribution is 2.32. The van der Waals surface area contributed by atoms with Gasteiger partial charge >= 0.3 is 0 Å². The van der Waals surface area contributed by atoms with Crippen LogP contribution in [0.3, 0.4) is 0 Å². The maximum Gasteiger partial charge on any atom is 0.267 e. The van der Waals surface area contributed by atoms with Crippen LogP contribution in [0.2, 0.25) is 0 Å². The third kappa shape index (κ3) is 3.59. The SMILES string of the molecule is CC(C(=O)NCc1ccc2c(c1)OCO2)n1nc(-c2ccccc2)ccc1=O. The number of hydrogen-bond donors (Lipinski definition) is 1. The molecule has 0 aliphatic carbocycles. The van der Waals surface area contributed by atoms with Crippen LogP contribution in [0.1, 0.15) is 18.5 Å². The van der Waals surface area contributed by atoms with E-state index in [1.165, 1.54) is 10.7 Å². The van der Waals surface area contributed by atoms with Crippen LogP contribution < -0.4 is 20.3 Å². The maximum atomic E-state index is 12.6. The van der Waals surface area contributed by atoms with Crippen molar-refractivity contribution in [1.29, 1.82) is 0 Å². The molecule has 0 saturated carbocycles. The molecule has 1 N–H and O–H groups in total. The van der Waals surface area contributed by atoms with Crippen LogP contribution in [0.15, 0.2) is 65.5 Å². The molecule has 4 rings (SSSR count). The molecule has 0 radical (unpaired) electrons. The lowest BCUT2D eigenvalue weighted by Crippen LogP contribution is -2.36. The van der Waals surface area contributed by atoms with Crippen LogP contribution in [0.4, 0.5) is 0 Å². The van der Waals surface area contributed by atoms with Gasteiger partial charge in [-0.25, -0.2) is 4.68 Å². The highest BCUT2D eigenvalue weighted by atomic mass is 16.7. The zero-order chi connectivity index (χ0) is 19.5. The van der Waals surface area contributed by atoms with E-state index in [0.717, 1.165) is 11.1 Å². The second-order valence-electron chi connectivity index (χ2n) is 6.45. The average molecular weight is 377 g/mol. The number of carbonyl (C=O) groups excluding carboxylic acids is 1. The Morgan fingerprint density at radius 2 is 1.89 bits per heavy atom. The second-order valence-corrected chi connectivity index (χ2v) is 6.45. The summed E-state index contributed by atoms with van der Waals surface area (Å²) in [6.45, 7) is 2.17. The number of benzene rings is 2. The lowest BCUT2D eigenvalue weighted by molar-refractivity contribution is -0.124. The van der Waals surface area contributed by atoms with Crippen LogP contribution >= 0.6 is 0 Å². The summed E-state index contributed by atoms with van der Waals surface area (Å²) in [5.41, 5.74) is 2.06. The van der Waals surface area contributed by atoms with Crippen molar-refractivity contribution >= 4 is 5.91 Å². The quantitative estimate of drug-likeness (QED) is 0.739. The minimum atomic E-state index is -0.745. The fourth-order valence-electron chi connectivity index (χ4n) is 2.96. The van der Waals surface area contributed by atoms with Crippen molar-refractivity contribution in [2.45, 2.75) is 19.5 Å². The van der Waals surface area contributed by atoms with Gasteiger partial charge in [0, 0.05) is 18.2 Å². The lowest BCUT2D eigenvalue weighted by Gasteiger charge is -2.15. The van der Waals surface area contributed by atoms with E-state index in [9.17, 15) is 9.59 Å². The first-order chi connectivity index (χ1) is 13.6. The summed E-state index contributed by atoms with van der Waals surface area (Å²) in [5.74, 6) is 1.06. The number of ether oxygens (including phenoxy) is 2. The molecule has 28 heavy (non-hydrogen) atoms. The summed E-state index contributed by atoms with van der Waals surface area (Å²) in [6.07, 6.45) is 0. The van der Waals surface area contributed by atoms with Crippen LogP contribution in [0, 0.1) is 0 Å². The molecule has 7 nitrogen and oxygen atoms in total. The Labute approximate surface area is 161 Å². The molecule has 3 aromatic rings. The normalized spacial score (nSPS) is 13.2. The molecule has 1 unspecified atom stereocenters. The van der Waals surface area contributed by atoms with E-state index in [1.54, 1.807) is 13.0 Å². The zero-order valence-corrected chi connectivity index (χ0v) is 15.3. The molecule has 2 aromatic carbocycles. The number of nitrogens with zero attached hydrogens (tertiary/aromatic N) is 2. The summed E-state index contributed by atoms with van der Waals surface area (Å²) in [4.78, 5) is 24.8. The Morgan fingerprint density at radius 1 is 1.11 bits per heavy atom. The van der Waals surface area contributed by atoms with E-state index in [0.29, 0.717) is 23.7 Å². The van der Waals surface area contributed by atoms with Gasteiger partial charge in [-0.1, -0.05) is 36.4 Å². The molecular weight excluding hydrogens is 358 g/mol. The van der Waals surface area contributed by atoms with Crippen molar-refractivity contribution in [3.8, 4) is 22.8 Å². The van der Waals surface area contributed by atoms with Gasteiger partial charge in [-0.15, -0.1) is 0 Å². The number of fused-ring (bicyclic) bond motifs is 1. The van der Waals surface area contributed by atoms with E-state index in [4.69, 9.17) is 9.47 Å². The summed E-state index contributed by atoms with van der Waals surface area (Å²) < 4.78 is 11.8. The van der Waals surface area contributed by atoms with Gasteiger partial charge in [0.1, 0.15) is 6.04 Å².